The van der Waals surface area contributed by atoms with Gasteiger partial charge in [-0.2, -0.15) is 0 Å². The highest BCUT2D eigenvalue weighted by molar-refractivity contribution is 5.87. The molecule has 1 aliphatic heterocycles. The fourth-order valence-electron chi connectivity index (χ4n) is 3.10. The molecule has 8 heteroatoms. The van der Waals surface area contributed by atoms with E-state index in [-0.39, 0.29) is 30.3 Å². The number of ether oxygens (including phenoxy) is 2. The van der Waals surface area contributed by atoms with Crippen LogP contribution in [0.4, 0.5) is 0 Å². The van der Waals surface area contributed by atoms with E-state index in [0.717, 1.165) is 11.3 Å². The van der Waals surface area contributed by atoms with Crippen LogP contribution in [0.15, 0.2) is 29.3 Å². The second-order valence-electron chi connectivity index (χ2n) is 6.54. The standard InChI is InChI=1S/C19H28N4O4/c1-13-11-23(12-16(13)18(25)27-4)19(20-2)22-10-17(24)21-9-14-5-7-15(26-3)8-6-14/h5-8,13,16H,9-12H2,1-4H3,(H,20,22)(H,21,24). The molecule has 1 aliphatic rings. The third-order valence-corrected chi connectivity index (χ3v) is 4.68. The number of guanidine groups is 1. The van der Waals surface area contributed by atoms with Gasteiger partial charge >= 0.3 is 5.97 Å². The molecule has 0 radical (unpaired) electrons. The molecule has 0 saturated carbocycles. The maximum atomic E-state index is 12.1. The normalized spacial score (nSPS) is 19.6. The Hall–Kier alpha value is -2.77. The molecule has 1 amide bonds. The lowest BCUT2D eigenvalue weighted by molar-refractivity contribution is -0.146. The number of esters is 1. The van der Waals surface area contributed by atoms with Crippen molar-refractivity contribution in [3.63, 3.8) is 0 Å². The van der Waals surface area contributed by atoms with Crippen LogP contribution in [-0.4, -0.2) is 63.6 Å². The zero-order valence-electron chi connectivity index (χ0n) is 16.3. The van der Waals surface area contributed by atoms with Crippen LogP contribution in [0.2, 0.25) is 0 Å². The molecule has 1 aromatic rings. The Balaban J connectivity index is 1.79. The van der Waals surface area contributed by atoms with Gasteiger partial charge in [-0.3, -0.25) is 14.6 Å². The summed E-state index contributed by atoms with van der Waals surface area (Å²) >= 11 is 0. The van der Waals surface area contributed by atoms with Gasteiger partial charge in [0.05, 0.1) is 26.7 Å². The van der Waals surface area contributed by atoms with Crippen LogP contribution in [0.3, 0.4) is 0 Å². The number of rotatable bonds is 6. The number of nitrogens with zero attached hydrogens (tertiary/aromatic N) is 2. The molecule has 8 nitrogen and oxygen atoms in total. The molecular weight excluding hydrogens is 348 g/mol. The second-order valence-corrected chi connectivity index (χ2v) is 6.54. The van der Waals surface area contributed by atoms with E-state index in [2.05, 4.69) is 15.6 Å². The molecular formula is C19H28N4O4. The van der Waals surface area contributed by atoms with E-state index in [1.807, 2.05) is 36.1 Å². The van der Waals surface area contributed by atoms with Crippen molar-refractivity contribution in [3.05, 3.63) is 29.8 Å². The van der Waals surface area contributed by atoms with E-state index in [4.69, 9.17) is 9.47 Å². The largest absolute Gasteiger partial charge is 0.497 e. The molecule has 0 aliphatic carbocycles. The first-order valence-corrected chi connectivity index (χ1v) is 8.91. The highest BCUT2D eigenvalue weighted by atomic mass is 16.5. The van der Waals surface area contributed by atoms with Gasteiger partial charge < -0.3 is 25.0 Å². The maximum absolute atomic E-state index is 12.1. The molecule has 2 atom stereocenters. The SMILES string of the molecule is CN=C(NCC(=O)NCc1ccc(OC)cc1)N1CC(C)C(C(=O)OC)C1. The number of nitrogens with one attached hydrogen (secondary N) is 2. The Labute approximate surface area is 159 Å². The number of methoxy groups -OCH3 is 2. The average molecular weight is 376 g/mol. The van der Waals surface area contributed by atoms with E-state index in [1.54, 1.807) is 14.2 Å². The maximum Gasteiger partial charge on any atom is 0.310 e. The Kier molecular flexibility index (Phi) is 7.45. The Morgan fingerprint density at radius 1 is 1.19 bits per heavy atom. The topological polar surface area (TPSA) is 92.3 Å². The summed E-state index contributed by atoms with van der Waals surface area (Å²) < 4.78 is 9.97. The summed E-state index contributed by atoms with van der Waals surface area (Å²) in [5.41, 5.74) is 0.989. The van der Waals surface area contributed by atoms with Crippen LogP contribution in [0.1, 0.15) is 12.5 Å². The lowest BCUT2D eigenvalue weighted by Crippen LogP contribution is -2.44. The zero-order chi connectivity index (χ0) is 19.8. The van der Waals surface area contributed by atoms with Crippen LogP contribution in [-0.2, 0) is 20.9 Å². The van der Waals surface area contributed by atoms with E-state index in [1.165, 1.54) is 7.11 Å². The molecule has 2 rings (SSSR count). The molecule has 2 N–H and O–H groups in total. The summed E-state index contributed by atoms with van der Waals surface area (Å²) in [6.45, 7) is 3.77. The smallest absolute Gasteiger partial charge is 0.310 e. The molecule has 0 aromatic heterocycles. The monoisotopic (exact) mass is 376 g/mol. The molecule has 148 valence electrons. The fourth-order valence-corrected chi connectivity index (χ4v) is 3.10. The van der Waals surface area contributed by atoms with Gasteiger partial charge in [0.1, 0.15) is 5.75 Å². The molecule has 1 saturated heterocycles. The quantitative estimate of drug-likeness (QED) is 0.430. The summed E-state index contributed by atoms with van der Waals surface area (Å²) in [7, 11) is 4.68. The number of hydrogen-bond acceptors (Lipinski definition) is 5. The lowest BCUT2D eigenvalue weighted by atomic mass is 9.99. The highest BCUT2D eigenvalue weighted by Gasteiger charge is 2.36. The second kappa shape index (κ2) is 9.80. The van der Waals surface area contributed by atoms with E-state index >= 15 is 0 Å². The van der Waals surface area contributed by atoms with Gasteiger partial charge in [0.15, 0.2) is 5.96 Å². The van der Waals surface area contributed by atoms with Gasteiger partial charge in [0.25, 0.3) is 0 Å². The van der Waals surface area contributed by atoms with E-state index in [0.29, 0.717) is 25.6 Å². The van der Waals surface area contributed by atoms with Gasteiger partial charge in [0.2, 0.25) is 5.91 Å². The first-order valence-electron chi connectivity index (χ1n) is 8.91. The molecule has 1 heterocycles. The van der Waals surface area contributed by atoms with Crippen molar-refractivity contribution in [2.75, 3.05) is 40.9 Å². The molecule has 2 unspecified atom stereocenters. The third kappa shape index (κ3) is 5.60. The summed E-state index contributed by atoms with van der Waals surface area (Å²) in [5, 5.41) is 5.92. The molecule has 27 heavy (non-hydrogen) atoms. The minimum absolute atomic E-state index is 0.108. The van der Waals surface area contributed by atoms with Gasteiger partial charge in [-0.1, -0.05) is 19.1 Å². The highest BCUT2D eigenvalue weighted by Crippen LogP contribution is 2.23. The van der Waals surface area contributed by atoms with Gasteiger partial charge in [-0.15, -0.1) is 0 Å². The van der Waals surface area contributed by atoms with Crippen LogP contribution in [0.25, 0.3) is 0 Å². The fraction of sp³-hybridized carbons (Fsp3) is 0.526. The summed E-state index contributed by atoms with van der Waals surface area (Å²) in [6, 6.07) is 7.52. The van der Waals surface area contributed by atoms with Crippen molar-refractivity contribution in [1.82, 2.24) is 15.5 Å². The predicted octanol–water partition coefficient (Wildman–Crippen LogP) is 0.628. The number of amides is 1. The minimum Gasteiger partial charge on any atom is -0.497 e. The van der Waals surface area contributed by atoms with Crippen LogP contribution >= 0.6 is 0 Å². The van der Waals surface area contributed by atoms with Crippen molar-refractivity contribution < 1.29 is 19.1 Å². The Morgan fingerprint density at radius 2 is 1.89 bits per heavy atom. The van der Waals surface area contributed by atoms with Crippen molar-refractivity contribution in [2.45, 2.75) is 13.5 Å². The number of carbonyl (C=O) groups excluding carboxylic acids is 2. The summed E-state index contributed by atoms with van der Waals surface area (Å²) in [5.74, 6) is 1.02. The average Bonchev–Trinajstić information content (AvgIpc) is 3.08. The van der Waals surface area contributed by atoms with E-state index in [9.17, 15) is 9.59 Å². The van der Waals surface area contributed by atoms with Crippen LogP contribution in [0, 0.1) is 11.8 Å². The number of benzene rings is 1. The van der Waals surface area contributed by atoms with Crippen LogP contribution < -0.4 is 15.4 Å². The van der Waals surface area contributed by atoms with Crippen molar-refractivity contribution in [2.24, 2.45) is 16.8 Å². The third-order valence-electron chi connectivity index (χ3n) is 4.68. The van der Waals surface area contributed by atoms with Gasteiger partial charge in [0, 0.05) is 26.7 Å². The number of hydrogen-bond donors (Lipinski definition) is 2. The van der Waals surface area contributed by atoms with E-state index < -0.39 is 0 Å². The zero-order valence-corrected chi connectivity index (χ0v) is 16.3. The van der Waals surface area contributed by atoms with Crippen molar-refractivity contribution >= 4 is 17.8 Å². The number of aliphatic imine (C=N–C) groups is 1. The summed E-state index contributed by atoms with van der Waals surface area (Å²) in [4.78, 5) is 30.1. The minimum atomic E-state index is -0.210. The number of carbonyl (C=O) groups is 2. The van der Waals surface area contributed by atoms with Gasteiger partial charge in [-0.05, 0) is 23.6 Å². The van der Waals surface area contributed by atoms with Crippen LogP contribution in [0.5, 0.6) is 5.75 Å². The molecule has 1 aromatic carbocycles. The van der Waals surface area contributed by atoms with Crippen molar-refractivity contribution in [1.29, 1.82) is 0 Å². The predicted molar refractivity (Wildman–Crippen MR) is 102 cm³/mol. The van der Waals surface area contributed by atoms with Gasteiger partial charge in [-0.25, -0.2) is 0 Å². The Bertz CT molecular complexity index is 675. The summed E-state index contributed by atoms with van der Waals surface area (Å²) in [6.07, 6.45) is 0. The number of likely N-dealkylation sites (tertiary alicyclic amines) is 1. The Morgan fingerprint density at radius 3 is 2.48 bits per heavy atom. The molecule has 1 fully saturated rings. The lowest BCUT2D eigenvalue weighted by Gasteiger charge is -2.21. The first kappa shape index (κ1) is 20.5. The molecule has 0 bridgehead atoms. The molecule has 0 spiro atoms. The van der Waals surface area contributed by atoms with Crippen molar-refractivity contribution in [3.8, 4) is 5.75 Å². The first-order chi connectivity index (χ1) is 13.0.